The van der Waals surface area contributed by atoms with Crippen LogP contribution in [0.2, 0.25) is 0 Å². The number of aromatic hydroxyl groups is 1. The molecule has 0 radical (unpaired) electrons. The molecule has 1 atom stereocenters. The normalized spacial score (nSPS) is 22.7. The van der Waals surface area contributed by atoms with Crippen LogP contribution in [0.25, 0.3) is 10.8 Å². The molecule has 3 aromatic rings. The molecule has 4 heteroatoms. The van der Waals surface area contributed by atoms with Crippen molar-refractivity contribution < 1.29 is 9.84 Å². The van der Waals surface area contributed by atoms with Crippen molar-refractivity contribution in [2.45, 2.75) is 25.0 Å². The molecule has 2 heterocycles. The van der Waals surface area contributed by atoms with Crippen LogP contribution in [0, 0.1) is 0 Å². The fraction of sp³-hybridized carbons (Fsp3) is 0.273. The minimum atomic E-state index is -0.539. The molecule has 0 aliphatic carbocycles. The lowest BCUT2D eigenvalue weighted by Gasteiger charge is -2.48. The van der Waals surface area contributed by atoms with Gasteiger partial charge in [0.15, 0.2) is 0 Å². The van der Waals surface area contributed by atoms with Crippen molar-refractivity contribution >= 4 is 22.1 Å². The van der Waals surface area contributed by atoms with Gasteiger partial charge in [-0.05, 0) is 49.1 Å². The van der Waals surface area contributed by atoms with Gasteiger partial charge >= 0.3 is 0 Å². The van der Waals surface area contributed by atoms with E-state index in [1.807, 2.05) is 18.2 Å². The topological polar surface area (TPSA) is 44.7 Å². The van der Waals surface area contributed by atoms with Crippen LogP contribution in [0.5, 0.6) is 11.5 Å². The third-order valence-electron chi connectivity index (χ3n) is 6.01. The average Bonchev–Trinajstić information content (AvgIpc) is 2.81. The van der Waals surface area contributed by atoms with Gasteiger partial charge in [-0.3, -0.25) is 0 Å². The summed E-state index contributed by atoms with van der Waals surface area (Å²) >= 11 is 0. The Morgan fingerprint density at radius 1 is 1.08 bits per heavy atom. The van der Waals surface area contributed by atoms with Gasteiger partial charge in [0.2, 0.25) is 5.72 Å². The first-order valence-corrected chi connectivity index (χ1v) is 8.95. The van der Waals surface area contributed by atoms with Crippen LogP contribution in [-0.4, -0.2) is 24.4 Å². The summed E-state index contributed by atoms with van der Waals surface area (Å²) < 4.78 is 6.66. The highest BCUT2D eigenvalue weighted by Crippen LogP contribution is 2.53. The van der Waals surface area contributed by atoms with Crippen molar-refractivity contribution in [2.24, 2.45) is 0 Å². The number of hydrogen-bond donors (Lipinski definition) is 2. The smallest absolute Gasteiger partial charge is 0.207 e. The van der Waals surface area contributed by atoms with Gasteiger partial charge in [-0.25, -0.2) is 0 Å². The zero-order chi connectivity index (χ0) is 18.1. The van der Waals surface area contributed by atoms with E-state index in [0.717, 1.165) is 27.9 Å². The molecule has 5 rings (SSSR count). The largest absolute Gasteiger partial charge is 0.508 e. The van der Waals surface area contributed by atoms with Crippen LogP contribution in [-0.2, 0) is 5.41 Å². The van der Waals surface area contributed by atoms with Gasteiger partial charge < -0.3 is 20.1 Å². The molecule has 4 nitrogen and oxygen atoms in total. The van der Waals surface area contributed by atoms with Gasteiger partial charge in [0.25, 0.3) is 0 Å². The highest BCUT2D eigenvalue weighted by Gasteiger charge is 2.57. The molecule has 3 aromatic carbocycles. The maximum Gasteiger partial charge on any atom is 0.207 e. The predicted octanol–water partition coefficient (Wildman–Crippen LogP) is 4.47. The fourth-order valence-corrected chi connectivity index (χ4v) is 4.50. The summed E-state index contributed by atoms with van der Waals surface area (Å²) in [6.07, 6.45) is 0. The van der Waals surface area contributed by atoms with Crippen LogP contribution < -0.4 is 15.0 Å². The summed E-state index contributed by atoms with van der Waals surface area (Å²) in [5, 5.41) is 15.7. The number of fused-ring (bicyclic) bond motifs is 4. The van der Waals surface area contributed by atoms with E-state index in [9.17, 15) is 5.11 Å². The SMILES string of the molecule is CN1CC2(Nc3ccccc3C2(C)C)Oc2ccc3ccc(O)cc3c21. The van der Waals surface area contributed by atoms with Crippen LogP contribution in [0.15, 0.2) is 54.6 Å². The number of ether oxygens (including phenoxy) is 1. The zero-order valence-electron chi connectivity index (χ0n) is 15.2. The first kappa shape index (κ1) is 15.4. The van der Waals surface area contributed by atoms with Crippen LogP contribution in [0.3, 0.4) is 0 Å². The van der Waals surface area contributed by atoms with Gasteiger partial charge in [-0.2, -0.15) is 0 Å². The Morgan fingerprint density at radius 3 is 2.65 bits per heavy atom. The van der Waals surface area contributed by atoms with Gasteiger partial charge in [0.1, 0.15) is 11.5 Å². The summed E-state index contributed by atoms with van der Waals surface area (Å²) in [6, 6.07) is 18.0. The van der Waals surface area contributed by atoms with Crippen molar-refractivity contribution in [1.29, 1.82) is 0 Å². The molecular formula is C22H22N2O2. The minimum Gasteiger partial charge on any atom is -0.508 e. The maximum absolute atomic E-state index is 9.95. The number of phenolic OH excluding ortho intramolecular Hbond substituents is 1. The highest BCUT2D eigenvalue weighted by atomic mass is 16.5. The molecule has 2 aliphatic heterocycles. The van der Waals surface area contributed by atoms with Crippen LogP contribution in [0.1, 0.15) is 19.4 Å². The number of rotatable bonds is 0. The predicted molar refractivity (Wildman–Crippen MR) is 105 cm³/mol. The minimum absolute atomic E-state index is 0.191. The van der Waals surface area contributed by atoms with E-state index in [1.54, 1.807) is 6.07 Å². The fourth-order valence-electron chi connectivity index (χ4n) is 4.50. The second-order valence-corrected chi connectivity index (χ2v) is 7.90. The number of para-hydroxylation sites is 1. The van der Waals surface area contributed by atoms with E-state index >= 15 is 0 Å². The van der Waals surface area contributed by atoms with Gasteiger partial charge in [-0.15, -0.1) is 0 Å². The van der Waals surface area contributed by atoms with Crippen LogP contribution >= 0.6 is 0 Å². The van der Waals surface area contributed by atoms with E-state index < -0.39 is 5.72 Å². The van der Waals surface area contributed by atoms with E-state index in [-0.39, 0.29) is 11.2 Å². The molecule has 0 saturated carbocycles. The van der Waals surface area contributed by atoms with Gasteiger partial charge in [-0.1, -0.05) is 30.3 Å². The number of anilines is 2. The number of nitrogens with zero attached hydrogens (tertiary/aromatic N) is 1. The van der Waals surface area contributed by atoms with Crippen molar-refractivity contribution in [2.75, 3.05) is 23.8 Å². The first-order chi connectivity index (χ1) is 12.4. The number of benzene rings is 3. The van der Waals surface area contributed by atoms with Gasteiger partial charge in [0.05, 0.1) is 17.6 Å². The summed E-state index contributed by atoms with van der Waals surface area (Å²) in [6.45, 7) is 5.17. The molecule has 132 valence electrons. The molecule has 0 fully saturated rings. The summed E-state index contributed by atoms with van der Waals surface area (Å²) in [7, 11) is 2.09. The molecule has 0 amide bonds. The quantitative estimate of drug-likeness (QED) is 0.630. The van der Waals surface area contributed by atoms with E-state index in [0.29, 0.717) is 6.54 Å². The lowest BCUT2D eigenvalue weighted by molar-refractivity contribution is 0.0368. The van der Waals surface area contributed by atoms with Crippen molar-refractivity contribution in [3.05, 3.63) is 60.2 Å². The molecule has 0 bridgehead atoms. The Bertz CT molecular complexity index is 1040. The van der Waals surface area contributed by atoms with Crippen molar-refractivity contribution in [3.63, 3.8) is 0 Å². The molecule has 1 spiro atoms. The lowest BCUT2D eigenvalue weighted by Crippen LogP contribution is -2.62. The monoisotopic (exact) mass is 346 g/mol. The Kier molecular flexibility index (Phi) is 2.87. The van der Waals surface area contributed by atoms with Crippen LogP contribution in [0.4, 0.5) is 11.4 Å². The van der Waals surface area contributed by atoms with Crippen molar-refractivity contribution in [1.82, 2.24) is 0 Å². The van der Waals surface area contributed by atoms with E-state index in [1.165, 1.54) is 5.56 Å². The Morgan fingerprint density at radius 2 is 1.85 bits per heavy atom. The summed E-state index contributed by atoms with van der Waals surface area (Å²) in [4.78, 5) is 2.24. The number of phenols is 1. The molecule has 1 unspecified atom stereocenters. The van der Waals surface area contributed by atoms with E-state index in [4.69, 9.17) is 4.74 Å². The third kappa shape index (κ3) is 1.84. The molecule has 2 aliphatic rings. The van der Waals surface area contributed by atoms with Crippen molar-refractivity contribution in [3.8, 4) is 11.5 Å². The van der Waals surface area contributed by atoms with Gasteiger partial charge in [0, 0.05) is 18.1 Å². The standard InChI is InChI=1S/C22H22N2O2/c1-21(2)17-6-4-5-7-18(17)23-22(21)13-24(3)20-16-12-15(25)10-8-14(16)9-11-19(20)26-22/h4-12,23,25H,13H2,1-3H3. The molecule has 0 aromatic heterocycles. The Hall–Kier alpha value is -2.88. The van der Waals surface area contributed by atoms with E-state index in [2.05, 4.69) is 61.4 Å². The second-order valence-electron chi connectivity index (χ2n) is 7.90. The molecule has 26 heavy (non-hydrogen) atoms. The Balaban J connectivity index is 1.68. The average molecular weight is 346 g/mol. The molecule has 2 N–H and O–H groups in total. The molecule has 0 saturated heterocycles. The third-order valence-corrected chi connectivity index (χ3v) is 6.01. The second kappa shape index (κ2) is 4.85. The Labute approximate surface area is 153 Å². The zero-order valence-corrected chi connectivity index (χ0v) is 15.2. The first-order valence-electron chi connectivity index (χ1n) is 8.95. The highest BCUT2D eigenvalue weighted by molar-refractivity contribution is 5.98. The lowest BCUT2D eigenvalue weighted by atomic mass is 9.77. The summed E-state index contributed by atoms with van der Waals surface area (Å²) in [5.74, 6) is 1.11. The molecular weight excluding hydrogens is 324 g/mol. The number of likely N-dealkylation sites (N-methyl/N-ethyl adjacent to an activating group) is 1. The number of nitrogens with one attached hydrogen (secondary N) is 1. The summed E-state index contributed by atoms with van der Waals surface area (Å²) in [5.41, 5.74) is 2.70. The number of hydrogen-bond acceptors (Lipinski definition) is 4. The maximum atomic E-state index is 9.95.